The minimum Gasteiger partial charge on any atom is -0.382 e. The molecule has 2 rings (SSSR count). The van der Waals surface area contributed by atoms with Crippen molar-refractivity contribution < 1.29 is 9.53 Å². The van der Waals surface area contributed by atoms with E-state index in [0.29, 0.717) is 30.2 Å². The Bertz CT molecular complexity index is 296. The molecule has 2 fully saturated rings. The van der Waals surface area contributed by atoms with Gasteiger partial charge in [-0.15, -0.1) is 0 Å². The monoisotopic (exact) mass is 254 g/mol. The van der Waals surface area contributed by atoms with Gasteiger partial charge in [-0.05, 0) is 31.6 Å². The number of carbonyl (C=O) groups excluding carboxylic acids is 1. The lowest BCUT2D eigenvalue weighted by Gasteiger charge is -2.27. The second-order valence-corrected chi connectivity index (χ2v) is 5.69. The van der Waals surface area contributed by atoms with Crippen molar-refractivity contribution in [2.75, 3.05) is 26.7 Å². The maximum absolute atomic E-state index is 12.3. The molecule has 2 aliphatic heterocycles. The Morgan fingerprint density at radius 1 is 1.50 bits per heavy atom. The minimum absolute atomic E-state index is 0.179. The van der Waals surface area contributed by atoms with E-state index in [0.717, 1.165) is 32.5 Å². The number of hydrogen-bond acceptors (Lipinski definition) is 3. The number of nitrogens with one attached hydrogen (secondary N) is 1. The van der Waals surface area contributed by atoms with Gasteiger partial charge in [-0.25, -0.2) is 0 Å². The predicted octanol–water partition coefficient (Wildman–Crippen LogP) is 1.26. The zero-order valence-electron chi connectivity index (χ0n) is 11.8. The molecule has 1 amide bonds. The number of likely N-dealkylation sites (tertiary alicyclic amines) is 1. The summed E-state index contributed by atoms with van der Waals surface area (Å²) in [4.78, 5) is 14.5. The predicted molar refractivity (Wildman–Crippen MR) is 71.3 cm³/mol. The molecule has 2 saturated heterocycles. The molecule has 2 aliphatic rings. The van der Waals surface area contributed by atoms with Crippen LogP contribution < -0.4 is 5.32 Å². The van der Waals surface area contributed by atoms with Crippen LogP contribution in [0.15, 0.2) is 0 Å². The van der Waals surface area contributed by atoms with E-state index in [-0.39, 0.29) is 6.10 Å². The van der Waals surface area contributed by atoms with Crippen LogP contribution in [-0.2, 0) is 9.53 Å². The topological polar surface area (TPSA) is 41.6 Å². The highest BCUT2D eigenvalue weighted by atomic mass is 16.5. The standard InChI is InChI=1S/C14H26N2O2/c1-4-13-12-8-15-7-11(12)9-16(13)14(17)6-5-10(2)18-3/h10-13,15H,4-9H2,1-3H3. The second-order valence-electron chi connectivity index (χ2n) is 5.69. The number of amides is 1. The molecule has 0 radical (unpaired) electrons. The van der Waals surface area contributed by atoms with Gasteiger partial charge in [0.15, 0.2) is 0 Å². The average Bonchev–Trinajstić information content (AvgIpc) is 2.94. The molecule has 4 heteroatoms. The zero-order chi connectivity index (χ0) is 13.1. The fraction of sp³-hybridized carbons (Fsp3) is 0.929. The molecule has 0 aromatic heterocycles. The summed E-state index contributed by atoms with van der Waals surface area (Å²) in [6.45, 7) is 7.34. The van der Waals surface area contributed by atoms with E-state index in [4.69, 9.17) is 4.74 Å². The lowest BCUT2D eigenvalue weighted by atomic mass is 9.93. The van der Waals surface area contributed by atoms with E-state index >= 15 is 0 Å². The molecule has 4 nitrogen and oxygen atoms in total. The molecule has 1 N–H and O–H groups in total. The van der Waals surface area contributed by atoms with Crippen molar-refractivity contribution in [1.29, 1.82) is 0 Å². The van der Waals surface area contributed by atoms with Crippen molar-refractivity contribution in [3.63, 3.8) is 0 Å². The van der Waals surface area contributed by atoms with Gasteiger partial charge in [0.05, 0.1) is 6.10 Å². The first-order chi connectivity index (χ1) is 8.67. The quantitative estimate of drug-likeness (QED) is 0.803. The highest BCUT2D eigenvalue weighted by molar-refractivity contribution is 5.77. The SMILES string of the molecule is CCC1C2CNCC2CN1C(=O)CCC(C)OC. The van der Waals surface area contributed by atoms with Crippen molar-refractivity contribution in [1.82, 2.24) is 10.2 Å². The van der Waals surface area contributed by atoms with Crippen LogP contribution >= 0.6 is 0 Å². The van der Waals surface area contributed by atoms with Crippen LogP contribution in [0.2, 0.25) is 0 Å². The third-order valence-corrected chi connectivity index (χ3v) is 4.62. The van der Waals surface area contributed by atoms with E-state index in [1.807, 2.05) is 6.92 Å². The summed E-state index contributed by atoms with van der Waals surface area (Å²) in [5, 5.41) is 3.45. The van der Waals surface area contributed by atoms with Crippen molar-refractivity contribution in [3.8, 4) is 0 Å². The van der Waals surface area contributed by atoms with Crippen LogP contribution in [0.1, 0.15) is 33.1 Å². The summed E-state index contributed by atoms with van der Waals surface area (Å²) in [5.74, 6) is 1.68. The fourth-order valence-electron chi connectivity index (χ4n) is 3.42. The zero-order valence-corrected chi connectivity index (χ0v) is 11.8. The summed E-state index contributed by atoms with van der Waals surface area (Å²) in [5.41, 5.74) is 0. The summed E-state index contributed by atoms with van der Waals surface area (Å²) < 4.78 is 5.21. The van der Waals surface area contributed by atoms with Crippen molar-refractivity contribution in [2.45, 2.75) is 45.3 Å². The summed E-state index contributed by atoms with van der Waals surface area (Å²) in [6.07, 6.45) is 2.71. The number of carbonyl (C=O) groups is 1. The molecule has 0 aromatic carbocycles. The largest absolute Gasteiger partial charge is 0.382 e. The van der Waals surface area contributed by atoms with Crippen molar-refractivity contribution in [3.05, 3.63) is 0 Å². The molecule has 0 spiro atoms. The highest BCUT2D eigenvalue weighted by Gasteiger charge is 2.44. The van der Waals surface area contributed by atoms with Crippen LogP contribution in [0.5, 0.6) is 0 Å². The van der Waals surface area contributed by atoms with E-state index < -0.39 is 0 Å². The average molecular weight is 254 g/mol. The Morgan fingerprint density at radius 2 is 2.28 bits per heavy atom. The molecule has 0 aliphatic carbocycles. The number of rotatable bonds is 5. The second kappa shape index (κ2) is 6.02. The molecule has 0 saturated carbocycles. The molecular weight excluding hydrogens is 228 g/mol. The lowest BCUT2D eigenvalue weighted by molar-refractivity contribution is -0.133. The van der Waals surface area contributed by atoms with Crippen LogP contribution in [0.4, 0.5) is 0 Å². The first-order valence-corrected chi connectivity index (χ1v) is 7.20. The number of hydrogen-bond donors (Lipinski definition) is 1. The van der Waals surface area contributed by atoms with Gasteiger partial charge in [0.2, 0.25) is 5.91 Å². The van der Waals surface area contributed by atoms with Gasteiger partial charge >= 0.3 is 0 Å². The molecule has 104 valence electrons. The molecular formula is C14H26N2O2. The van der Waals surface area contributed by atoms with Gasteiger partial charge in [-0.2, -0.15) is 0 Å². The van der Waals surface area contributed by atoms with Crippen LogP contribution in [0.3, 0.4) is 0 Å². The number of ether oxygens (including phenoxy) is 1. The highest BCUT2D eigenvalue weighted by Crippen LogP contribution is 2.34. The van der Waals surface area contributed by atoms with Gasteiger partial charge in [0, 0.05) is 39.2 Å². The Kier molecular flexibility index (Phi) is 4.62. The first kappa shape index (κ1) is 13.8. The van der Waals surface area contributed by atoms with Crippen molar-refractivity contribution >= 4 is 5.91 Å². The smallest absolute Gasteiger partial charge is 0.222 e. The Balaban J connectivity index is 1.90. The molecule has 18 heavy (non-hydrogen) atoms. The van der Waals surface area contributed by atoms with Crippen LogP contribution in [-0.4, -0.2) is 49.7 Å². The third kappa shape index (κ3) is 2.69. The molecule has 4 unspecified atom stereocenters. The van der Waals surface area contributed by atoms with Gasteiger partial charge in [0.25, 0.3) is 0 Å². The normalized spacial score (nSPS) is 32.6. The Labute approximate surface area is 110 Å². The lowest BCUT2D eigenvalue weighted by Crippen LogP contribution is -2.39. The summed E-state index contributed by atoms with van der Waals surface area (Å²) in [6, 6.07) is 0.454. The number of methoxy groups -OCH3 is 1. The van der Waals surface area contributed by atoms with Gasteiger partial charge in [-0.1, -0.05) is 6.92 Å². The maximum atomic E-state index is 12.3. The van der Waals surface area contributed by atoms with E-state index in [1.165, 1.54) is 0 Å². The fourth-order valence-corrected chi connectivity index (χ4v) is 3.42. The molecule has 2 heterocycles. The van der Waals surface area contributed by atoms with Crippen LogP contribution in [0.25, 0.3) is 0 Å². The van der Waals surface area contributed by atoms with E-state index in [1.54, 1.807) is 7.11 Å². The summed E-state index contributed by atoms with van der Waals surface area (Å²) >= 11 is 0. The van der Waals surface area contributed by atoms with Gasteiger partial charge < -0.3 is 15.0 Å². The maximum Gasteiger partial charge on any atom is 0.222 e. The molecule has 0 aromatic rings. The third-order valence-electron chi connectivity index (χ3n) is 4.62. The molecule has 4 atom stereocenters. The minimum atomic E-state index is 0.179. The number of nitrogens with zero attached hydrogens (tertiary/aromatic N) is 1. The number of fused-ring (bicyclic) bond motifs is 1. The Hall–Kier alpha value is -0.610. The van der Waals surface area contributed by atoms with Crippen molar-refractivity contribution in [2.24, 2.45) is 11.8 Å². The first-order valence-electron chi connectivity index (χ1n) is 7.20. The van der Waals surface area contributed by atoms with Gasteiger partial charge in [0.1, 0.15) is 0 Å². The molecule has 0 bridgehead atoms. The Morgan fingerprint density at radius 3 is 2.94 bits per heavy atom. The van der Waals surface area contributed by atoms with E-state index in [2.05, 4.69) is 17.1 Å². The van der Waals surface area contributed by atoms with Crippen LogP contribution in [0, 0.1) is 11.8 Å². The van der Waals surface area contributed by atoms with E-state index in [9.17, 15) is 4.79 Å². The van der Waals surface area contributed by atoms with Gasteiger partial charge in [-0.3, -0.25) is 4.79 Å². The summed E-state index contributed by atoms with van der Waals surface area (Å²) in [7, 11) is 1.70.